The van der Waals surface area contributed by atoms with Crippen molar-refractivity contribution in [2.45, 2.75) is 13.3 Å². The number of carbonyl (C=O) groups excluding carboxylic acids is 1. The molecular formula is C15H12Cl2O. The molecule has 0 amide bonds. The minimum Gasteiger partial charge on any atom is -0.294 e. The predicted octanol–water partition coefficient (Wildman–Crippen LogP) is 5.25. The zero-order valence-corrected chi connectivity index (χ0v) is 11.4. The van der Waals surface area contributed by atoms with Gasteiger partial charge in [0.15, 0.2) is 5.78 Å². The summed E-state index contributed by atoms with van der Waals surface area (Å²) in [6, 6.07) is 12.9. The number of hydrogen-bond acceptors (Lipinski definition) is 1. The topological polar surface area (TPSA) is 17.1 Å². The van der Waals surface area contributed by atoms with Crippen LogP contribution in [-0.4, -0.2) is 5.78 Å². The molecule has 0 aliphatic heterocycles. The lowest BCUT2D eigenvalue weighted by Gasteiger charge is -2.05. The summed E-state index contributed by atoms with van der Waals surface area (Å²) in [5, 5.41) is 1.18. The number of rotatable bonds is 3. The zero-order chi connectivity index (χ0) is 13.1. The van der Waals surface area contributed by atoms with Crippen molar-refractivity contribution in [2.75, 3.05) is 0 Å². The van der Waals surface area contributed by atoms with E-state index in [0.29, 0.717) is 22.0 Å². The highest BCUT2D eigenvalue weighted by molar-refractivity contribution is 6.35. The van der Waals surface area contributed by atoms with Crippen molar-refractivity contribution in [3.63, 3.8) is 0 Å². The smallest absolute Gasteiger partial charge is 0.162 e. The summed E-state index contributed by atoms with van der Waals surface area (Å²) < 4.78 is 0. The molecule has 0 saturated heterocycles. The Kier molecular flexibility index (Phi) is 4.05. The second-order valence-corrected chi connectivity index (χ2v) is 4.89. The lowest BCUT2D eigenvalue weighted by Crippen LogP contribution is -1.96. The van der Waals surface area contributed by atoms with Crippen molar-refractivity contribution < 1.29 is 4.79 Å². The van der Waals surface area contributed by atoms with E-state index in [1.54, 1.807) is 6.07 Å². The van der Waals surface area contributed by atoms with Gasteiger partial charge in [-0.25, -0.2) is 0 Å². The van der Waals surface area contributed by atoms with Crippen molar-refractivity contribution in [1.82, 2.24) is 0 Å². The first-order valence-electron chi connectivity index (χ1n) is 5.70. The average Bonchev–Trinajstić information content (AvgIpc) is 2.37. The second-order valence-electron chi connectivity index (χ2n) is 4.02. The molecule has 0 saturated carbocycles. The van der Waals surface area contributed by atoms with Crippen molar-refractivity contribution in [3.05, 3.63) is 58.1 Å². The highest BCUT2D eigenvalue weighted by Crippen LogP contribution is 2.27. The fourth-order valence-corrected chi connectivity index (χ4v) is 2.32. The van der Waals surface area contributed by atoms with Crippen LogP contribution >= 0.6 is 23.2 Å². The van der Waals surface area contributed by atoms with E-state index in [0.717, 1.165) is 11.1 Å². The van der Waals surface area contributed by atoms with Crippen LogP contribution in [0.5, 0.6) is 0 Å². The molecule has 0 N–H and O–H groups in total. The summed E-state index contributed by atoms with van der Waals surface area (Å²) in [5.74, 6) is 0.130. The van der Waals surface area contributed by atoms with Gasteiger partial charge in [0.1, 0.15) is 0 Å². The molecular weight excluding hydrogens is 267 g/mol. The lowest BCUT2D eigenvalue weighted by atomic mass is 10.0. The summed E-state index contributed by atoms with van der Waals surface area (Å²) in [7, 11) is 0. The van der Waals surface area contributed by atoms with Gasteiger partial charge < -0.3 is 0 Å². The van der Waals surface area contributed by atoms with E-state index in [1.807, 2.05) is 43.3 Å². The van der Waals surface area contributed by atoms with Crippen molar-refractivity contribution in [3.8, 4) is 11.1 Å². The summed E-state index contributed by atoms with van der Waals surface area (Å²) in [6.45, 7) is 1.85. The molecule has 0 bridgehead atoms. The SMILES string of the molecule is CCC(=O)c1cccc(-c2cc(Cl)cc(Cl)c2)c1. The molecule has 1 nitrogen and oxygen atoms in total. The maximum atomic E-state index is 11.7. The van der Waals surface area contributed by atoms with Crippen LogP contribution in [0.4, 0.5) is 0 Å². The Hall–Kier alpha value is -1.31. The molecule has 2 rings (SSSR count). The third-order valence-corrected chi connectivity index (χ3v) is 3.14. The molecule has 0 aliphatic carbocycles. The Morgan fingerprint density at radius 1 is 1.00 bits per heavy atom. The number of benzene rings is 2. The fourth-order valence-electron chi connectivity index (χ4n) is 1.80. The summed E-state index contributed by atoms with van der Waals surface area (Å²) in [6.07, 6.45) is 0.500. The van der Waals surface area contributed by atoms with Gasteiger partial charge in [-0.05, 0) is 35.4 Å². The number of halogens is 2. The van der Waals surface area contributed by atoms with E-state index >= 15 is 0 Å². The quantitative estimate of drug-likeness (QED) is 0.701. The van der Waals surface area contributed by atoms with E-state index in [9.17, 15) is 4.79 Å². The van der Waals surface area contributed by atoms with E-state index in [2.05, 4.69) is 0 Å². The third-order valence-electron chi connectivity index (χ3n) is 2.70. The first-order chi connectivity index (χ1) is 8.60. The number of Topliss-reactive ketones (excluding diaryl/α,β-unsaturated/α-hetero) is 1. The molecule has 18 heavy (non-hydrogen) atoms. The molecule has 2 aromatic carbocycles. The van der Waals surface area contributed by atoms with Gasteiger partial charge in [0.25, 0.3) is 0 Å². The van der Waals surface area contributed by atoms with Crippen molar-refractivity contribution in [2.24, 2.45) is 0 Å². The van der Waals surface area contributed by atoms with Crippen molar-refractivity contribution >= 4 is 29.0 Å². The Balaban J connectivity index is 2.47. The molecule has 0 atom stereocenters. The van der Waals surface area contributed by atoms with E-state index < -0.39 is 0 Å². The molecule has 0 aliphatic rings. The van der Waals surface area contributed by atoms with Crippen LogP contribution in [0, 0.1) is 0 Å². The number of hydrogen-bond donors (Lipinski definition) is 0. The molecule has 2 aromatic rings. The standard InChI is InChI=1S/C15H12Cl2O/c1-2-15(18)11-5-3-4-10(6-11)12-7-13(16)9-14(17)8-12/h3-9H,2H2,1H3. The van der Waals surface area contributed by atoms with Crippen molar-refractivity contribution in [1.29, 1.82) is 0 Å². The molecule has 92 valence electrons. The highest BCUT2D eigenvalue weighted by Gasteiger charge is 2.06. The van der Waals surface area contributed by atoms with E-state index in [1.165, 1.54) is 0 Å². The van der Waals surface area contributed by atoms with Crippen LogP contribution in [0.2, 0.25) is 10.0 Å². The fraction of sp³-hybridized carbons (Fsp3) is 0.133. The summed E-state index contributed by atoms with van der Waals surface area (Å²) in [5.41, 5.74) is 2.57. The number of ketones is 1. The maximum Gasteiger partial charge on any atom is 0.162 e. The summed E-state index contributed by atoms with van der Waals surface area (Å²) >= 11 is 12.0. The molecule has 3 heteroatoms. The Bertz CT molecular complexity index is 571. The molecule has 0 fully saturated rings. The Labute approximate surface area is 116 Å². The average molecular weight is 279 g/mol. The first kappa shape index (κ1) is 13.1. The molecule has 0 spiro atoms. The van der Waals surface area contributed by atoms with E-state index in [-0.39, 0.29) is 5.78 Å². The van der Waals surface area contributed by atoms with Crippen LogP contribution in [-0.2, 0) is 0 Å². The molecule has 0 radical (unpaired) electrons. The van der Waals surface area contributed by atoms with Gasteiger partial charge in [-0.1, -0.05) is 48.3 Å². The highest BCUT2D eigenvalue weighted by atomic mass is 35.5. The predicted molar refractivity (Wildman–Crippen MR) is 76.5 cm³/mol. The van der Waals surface area contributed by atoms with Crippen LogP contribution in [0.25, 0.3) is 11.1 Å². The van der Waals surface area contributed by atoms with Gasteiger partial charge in [0.2, 0.25) is 0 Å². The monoisotopic (exact) mass is 278 g/mol. The first-order valence-corrected chi connectivity index (χ1v) is 6.45. The van der Waals surface area contributed by atoms with Gasteiger partial charge in [-0.2, -0.15) is 0 Å². The Morgan fingerprint density at radius 3 is 2.28 bits per heavy atom. The zero-order valence-electron chi connectivity index (χ0n) is 9.91. The van der Waals surface area contributed by atoms with Crippen LogP contribution in [0.1, 0.15) is 23.7 Å². The van der Waals surface area contributed by atoms with Crippen LogP contribution < -0.4 is 0 Å². The minimum absolute atomic E-state index is 0.130. The molecule has 0 heterocycles. The largest absolute Gasteiger partial charge is 0.294 e. The van der Waals surface area contributed by atoms with Gasteiger partial charge in [0.05, 0.1) is 0 Å². The van der Waals surface area contributed by atoms with Crippen LogP contribution in [0.3, 0.4) is 0 Å². The lowest BCUT2D eigenvalue weighted by molar-refractivity contribution is 0.0988. The normalized spacial score (nSPS) is 10.4. The van der Waals surface area contributed by atoms with Crippen LogP contribution in [0.15, 0.2) is 42.5 Å². The third kappa shape index (κ3) is 2.92. The molecule has 0 unspecified atom stereocenters. The number of carbonyl (C=O) groups is 1. The maximum absolute atomic E-state index is 11.7. The Morgan fingerprint density at radius 2 is 1.67 bits per heavy atom. The molecule has 0 aromatic heterocycles. The van der Waals surface area contributed by atoms with Gasteiger partial charge >= 0.3 is 0 Å². The summed E-state index contributed by atoms with van der Waals surface area (Å²) in [4.78, 5) is 11.7. The van der Waals surface area contributed by atoms with E-state index in [4.69, 9.17) is 23.2 Å². The van der Waals surface area contributed by atoms with Gasteiger partial charge in [-0.3, -0.25) is 4.79 Å². The van der Waals surface area contributed by atoms with Gasteiger partial charge in [0, 0.05) is 22.0 Å². The second kappa shape index (κ2) is 5.55. The minimum atomic E-state index is 0.130. The van der Waals surface area contributed by atoms with Gasteiger partial charge in [-0.15, -0.1) is 0 Å².